The summed E-state index contributed by atoms with van der Waals surface area (Å²) in [4.78, 5) is 21.0. The number of rotatable bonds is 3. The van der Waals surface area contributed by atoms with Gasteiger partial charge in [-0.1, -0.05) is 12.8 Å². The first kappa shape index (κ1) is 12.1. The summed E-state index contributed by atoms with van der Waals surface area (Å²) < 4.78 is 0. The molecule has 0 atom stereocenters. The molecule has 94 valence electrons. The number of aromatic amines is 1. The summed E-state index contributed by atoms with van der Waals surface area (Å²) in [7, 11) is 0. The van der Waals surface area contributed by atoms with E-state index < -0.39 is 0 Å². The first-order valence-corrected chi connectivity index (χ1v) is 6.35. The van der Waals surface area contributed by atoms with Crippen molar-refractivity contribution in [2.45, 2.75) is 32.1 Å². The summed E-state index contributed by atoms with van der Waals surface area (Å²) in [6.07, 6.45) is 5.53. The van der Waals surface area contributed by atoms with Crippen molar-refractivity contribution in [1.82, 2.24) is 9.97 Å². The Labute approximate surface area is 101 Å². The minimum Gasteiger partial charge on any atom is -0.356 e. The third kappa shape index (κ3) is 3.30. The minimum atomic E-state index is -0.0808. The van der Waals surface area contributed by atoms with Gasteiger partial charge in [-0.15, -0.1) is 0 Å². The van der Waals surface area contributed by atoms with Gasteiger partial charge in [-0.3, -0.25) is 4.79 Å². The molecule has 2 heterocycles. The van der Waals surface area contributed by atoms with Crippen molar-refractivity contribution in [1.29, 1.82) is 0 Å². The number of H-pyrrole nitrogens is 1. The van der Waals surface area contributed by atoms with E-state index in [1.54, 1.807) is 6.07 Å². The van der Waals surface area contributed by atoms with Crippen molar-refractivity contribution in [3.05, 3.63) is 22.2 Å². The Balaban J connectivity index is 2.20. The molecule has 0 saturated carbocycles. The molecule has 0 bridgehead atoms. The molecule has 0 aliphatic carbocycles. The molecule has 5 nitrogen and oxygen atoms in total. The monoisotopic (exact) mass is 236 g/mol. The maximum absolute atomic E-state index is 11.6. The zero-order valence-corrected chi connectivity index (χ0v) is 10.1. The van der Waals surface area contributed by atoms with Crippen LogP contribution in [0.3, 0.4) is 0 Å². The Bertz CT molecular complexity index is 407. The molecule has 0 radical (unpaired) electrons. The predicted molar refractivity (Wildman–Crippen MR) is 68.3 cm³/mol. The topological polar surface area (TPSA) is 75.0 Å². The predicted octanol–water partition coefficient (Wildman–Crippen LogP) is 0.651. The highest BCUT2D eigenvalue weighted by atomic mass is 16.1. The van der Waals surface area contributed by atoms with E-state index in [1.165, 1.54) is 25.7 Å². The summed E-state index contributed by atoms with van der Waals surface area (Å²) in [5.41, 5.74) is 5.41. The van der Waals surface area contributed by atoms with Gasteiger partial charge in [-0.25, -0.2) is 4.98 Å². The van der Waals surface area contributed by atoms with Gasteiger partial charge in [0.05, 0.1) is 0 Å². The zero-order chi connectivity index (χ0) is 12.1. The second-order valence-corrected chi connectivity index (χ2v) is 4.49. The average Bonchev–Trinajstić information content (AvgIpc) is 2.57. The van der Waals surface area contributed by atoms with E-state index in [9.17, 15) is 4.79 Å². The highest BCUT2D eigenvalue weighted by Gasteiger charge is 2.12. The Morgan fingerprint density at radius 3 is 2.65 bits per heavy atom. The summed E-state index contributed by atoms with van der Waals surface area (Å²) in [6.45, 7) is 2.50. The lowest BCUT2D eigenvalue weighted by atomic mass is 10.2. The van der Waals surface area contributed by atoms with Crippen molar-refractivity contribution < 1.29 is 0 Å². The van der Waals surface area contributed by atoms with Crippen LogP contribution in [0.5, 0.6) is 0 Å². The second kappa shape index (κ2) is 5.82. The largest absolute Gasteiger partial charge is 0.356 e. The summed E-state index contributed by atoms with van der Waals surface area (Å²) in [5.74, 6) is 1.50. The molecule has 1 saturated heterocycles. The molecule has 0 spiro atoms. The summed E-state index contributed by atoms with van der Waals surface area (Å²) in [5, 5.41) is 0. The van der Waals surface area contributed by atoms with E-state index in [-0.39, 0.29) is 5.56 Å². The summed E-state index contributed by atoms with van der Waals surface area (Å²) in [6, 6.07) is 1.59. The number of aromatic nitrogens is 2. The van der Waals surface area contributed by atoms with Gasteiger partial charge in [0, 0.05) is 25.6 Å². The van der Waals surface area contributed by atoms with E-state index in [0.29, 0.717) is 18.8 Å². The van der Waals surface area contributed by atoms with Crippen LogP contribution in [-0.4, -0.2) is 29.6 Å². The van der Waals surface area contributed by atoms with Crippen LogP contribution in [0.1, 0.15) is 31.5 Å². The first-order valence-electron chi connectivity index (χ1n) is 6.35. The molecule has 0 unspecified atom stereocenters. The molecule has 1 fully saturated rings. The van der Waals surface area contributed by atoms with Gasteiger partial charge in [-0.2, -0.15) is 0 Å². The summed E-state index contributed by atoms with van der Waals surface area (Å²) >= 11 is 0. The maximum atomic E-state index is 11.6. The van der Waals surface area contributed by atoms with E-state index >= 15 is 0 Å². The van der Waals surface area contributed by atoms with E-state index in [2.05, 4.69) is 14.9 Å². The first-order chi connectivity index (χ1) is 8.29. The lowest BCUT2D eigenvalue weighted by Gasteiger charge is -2.21. The third-order valence-electron chi connectivity index (χ3n) is 3.09. The molecule has 5 heteroatoms. The Morgan fingerprint density at radius 1 is 1.29 bits per heavy atom. The van der Waals surface area contributed by atoms with Crippen LogP contribution in [-0.2, 0) is 6.42 Å². The smallest absolute Gasteiger partial charge is 0.252 e. The second-order valence-electron chi connectivity index (χ2n) is 4.49. The molecule has 1 aliphatic heterocycles. The molecule has 1 aliphatic rings. The third-order valence-corrected chi connectivity index (χ3v) is 3.09. The highest BCUT2D eigenvalue weighted by molar-refractivity contribution is 5.37. The fourth-order valence-corrected chi connectivity index (χ4v) is 2.21. The van der Waals surface area contributed by atoms with Crippen molar-refractivity contribution in [3.8, 4) is 0 Å². The standard InChI is InChI=1S/C12H20N4O/c13-6-5-10-14-11(9-12(17)15-10)16-7-3-1-2-4-8-16/h9H,1-8,13H2,(H,14,15,17). The van der Waals surface area contributed by atoms with Gasteiger partial charge in [0.25, 0.3) is 5.56 Å². The highest BCUT2D eigenvalue weighted by Crippen LogP contribution is 2.15. The van der Waals surface area contributed by atoms with Crippen molar-refractivity contribution in [3.63, 3.8) is 0 Å². The lowest BCUT2D eigenvalue weighted by molar-refractivity contribution is 0.726. The van der Waals surface area contributed by atoms with Crippen LogP contribution < -0.4 is 16.2 Å². The van der Waals surface area contributed by atoms with E-state index in [0.717, 1.165) is 18.9 Å². The van der Waals surface area contributed by atoms with Crippen LogP contribution >= 0.6 is 0 Å². The number of nitrogens with one attached hydrogen (secondary N) is 1. The molecule has 2 rings (SSSR count). The fraction of sp³-hybridized carbons (Fsp3) is 0.667. The molecule has 1 aromatic rings. The van der Waals surface area contributed by atoms with Gasteiger partial charge in [0.1, 0.15) is 11.6 Å². The Kier molecular flexibility index (Phi) is 4.14. The quantitative estimate of drug-likeness (QED) is 0.808. The fourth-order valence-electron chi connectivity index (χ4n) is 2.21. The van der Waals surface area contributed by atoms with Crippen LogP contribution in [0.15, 0.2) is 10.9 Å². The molecule has 3 N–H and O–H groups in total. The van der Waals surface area contributed by atoms with E-state index in [1.807, 2.05) is 0 Å². The maximum Gasteiger partial charge on any atom is 0.252 e. The average molecular weight is 236 g/mol. The molecule has 0 amide bonds. The minimum absolute atomic E-state index is 0.0808. The van der Waals surface area contributed by atoms with Crippen LogP contribution in [0.4, 0.5) is 5.82 Å². The van der Waals surface area contributed by atoms with Crippen LogP contribution in [0.25, 0.3) is 0 Å². The number of nitrogens with zero attached hydrogens (tertiary/aromatic N) is 2. The molecular formula is C12H20N4O. The van der Waals surface area contributed by atoms with Crippen molar-refractivity contribution in [2.24, 2.45) is 5.73 Å². The van der Waals surface area contributed by atoms with Crippen LogP contribution in [0.2, 0.25) is 0 Å². The molecule has 17 heavy (non-hydrogen) atoms. The van der Waals surface area contributed by atoms with E-state index in [4.69, 9.17) is 5.73 Å². The molecule has 0 aromatic carbocycles. The van der Waals surface area contributed by atoms with Gasteiger partial charge in [-0.05, 0) is 19.4 Å². The SMILES string of the molecule is NCCc1nc(N2CCCCCC2)cc(=O)[nH]1. The van der Waals surface area contributed by atoms with Crippen molar-refractivity contribution in [2.75, 3.05) is 24.5 Å². The number of anilines is 1. The Hall–Kier alpha value is -1.36. The normalized spacial score (nSPS) is 16.9. The zero-order valence-electron chi connectivity index (χ0n) is 10.1. The lowest BCUT2D eigenvalue weighted by Crippen LogP contribution is -2.27. The number of hydrogen-bond acceptors (Lipinski definition) is 4. The number of nitrogens with two attached hydrogens (primary N) is 1. The van der Waals surface area contributed by atoms with Gasteiger partial charge < -0.3 is 15.6 Å². The van der Waals surface area contributed by atoms with Gasteiger partial charge in [0.15, 0.2) is 0 Å². The van der Waals surface area contributed by atoms with Crippen LogP contribution in [0, 0.1) is 0 Å². The number of hydrogen-bond donors (Lipinski definition) is 2. The molecule has 1 aromatic heterocycles. The van der Waals surface area contributed by atoms with Gasteiger partial charge in [0.2, 0.25) is 0 Å². The molecular weight excluding hydrogens is 216 g/mol. The Morgan fingerprint density at radius 2 is 2.00 bits per heavy atom. The van der Waals surface area contributed by atoms with Gasteiger partial charge >= 0.3 is 0 Å². The van der Waals surface area contributed by atoms with Crippen molar-refractivity contribution >= 4 is 5.82 Å².